The van der Waals surface area contributed by atoms with Gasteiger partial charge in [-0.1, -0.05) is 36.4 Å². The summed E-state index contributed by atoms with van der Waals surface area (Å²) in [6.45, 7) is 0.669. The van der Waals surface area contributed by atoms with Crippen LogP contribution in [0.3, 0.4) is 0 Å². The van der Waals surface area contributed by atoms with E-state index in [1.165, 1.54) is 0 Å². The minimum atomic E-state index is 0.263. The molecule has 0 spiro atoms. The molecule has 0 fully saturated rings. The van der Waals surface area contributed by atoms with Gasteiger partial charge in [-0.15, -0.1) is 0 Å². The zero-order chi connectivity index (χ0) is 20.3. The molecule has 4 N–H and O–H groups in total. The van der Waals surface area contributed by atoms with Crippen LogP contribution in [-0.2, 0) is 6.42 Å². The number of aromatic amines is 1. The first-order valence-corrected chi connectivity index (χ1v) is 9.60. The topological polar surface area (TPSA) is 112 Å². The number of nitrogens with one attached hydrogen (secondary N) is 3. The third-order valence-electron chi connectivity index (χ3n) is 4.83. The molecule has 0 aliphatic heterocycles. The monoisotopic (exact) mass is 397 g/mol. The third-order valence-corrected chi connectivity index (χ3v) is 4.83. The highest BCUT2D eigenvalue weighted by molar-refractivity contribution is 5.93. The molecule has 3 aromatic heterocycles. The lowest BCUT2D eigenvalue weighted by molar-refractivity contribution is 0.475. The van der Waals surface area contributed by atoms with Crippen LogP contribution in [0.1, 0.15) is 5.56 Å². The molecule has 30 heavy (non-hydrogen) atoms. The van der Waals surface area contributed by atoms with Gasteiger partial charge in [0.2, 0.25) is 5.95 Å². The molecule has 0 atom stereocenters. The largest absolute Gasteiger partial charge is 0.508 e. The maximum atomic E-state index is 9.42. The van der Waals surface area contributed by atoms with E-state index in [0.717, 1.165) is 28.3 Å². The minimum Gasteiger partial charge on any atom is -0.508 e. The van der Waals surface area contributed by atoms with Gasteiger partial charge in [-0.05, 0) is 35.6 Å². The summed E-state index contributed by atoms with van der Waals surface area (Å²) < 4.78 is 0. The Hall–Kier alpha value is -4.20. The first kappa shape index (κ1) is 17.9. The van der Waals surface area contributed by atoms with E-state index in [1.54, 1.807) is 24.7 Å². The van der Waals surface area contributed by atoms with E-state index in [1.807, 2.05) is 42.5 Å². The average Bonchev–Trinajstić information content (AvgIpc) is 3.24. The van der Waals surface area contributed by atoms with Crippen LogP contribution in [0.15, 0.2) is 67.1 Å². The average molecular weight is 397 g/mol. The molecule has 3 heterocycles. The van der Waals surface area contributed by atoms with E-state index in [9.17, 15) is 5.11 Å². The van der Waals surface area contributed by atoms with E-state index < -0.39 is 0 Å². The van der Waals surface area contributed by atoms with Crippen molar-refractivity contribution in [3.8, 4) is 5.75 Å². The van der Waals surface area contributed by atoms with E-state index in [-0.39, 0.29) is 5.75 Å². The second-order valence-corrected chi connectivity index (χ2v) is 6.85. The van der Waals surface area contributed by atoms with Crippen molar-refractivity contribution in [1.29, 1.82) is 0 Å². The van der Waals surface area contributed by atoms with Crippen LogP contribution in [0, 0.1) is 0 Å². The van der Waals surface area contributed by atoms with Crippen molar-refractivity contribution in [3.63, 3.8) is 0 Å². The molecule has 5 rings (SSSR count). The number of fused-ring (bicyclic) bond motifs is 2. The second kappa shape index (κ2) is 7.67. The molecule has 0 aliphatic carbocycles. The molecule has 0 unspecified atom stereocenters. The summed E-state index contributed by atoms with van der Waals surface area (Å²) in [7, 11) is 0. The number of rotatable bonds is 6. The summed E-state index contributed by atoms with van der Waals surface area (Å²) in [5.41, 5.74) is 2.44. The van der Waals surface area contributed by atoms with Gasteiger partial charge in [-0.3, -0.25) is 0 Å². The maximum absolute atomic E-state index is 9.42. The van der Waals surface area contributed by atoms with Gasteiger partial charge < -0.3 is 20.7 Å². The zero-order valence-electron chi connectivity index (χ0n) is 16.0. The number of aromatic nitrogens is 5. The normalized spacial score (nSPS) is 11.1. The predicted molar refractivity (Wildman–Crippen MR) is 117 cm³/mol. The SMILES string of the molecule is Oc1ccc(CCNc2nc(Nc3nccc4ccccc34)nc3nc[nH]c23)cc1. The molecule has 0 radical (unpaired) electrons. The van der Waals surface area contributed by atoms with Crippen LogP contribution >= 0.6 is 0 Å². The minimum absolute atomic E-state index is 0.263. The Morgan fingerprint density at radius 2 is 1.77 bits per heavy atom. The first-order valence-electron chi connectivity index (χ1n) is 9.60. The maximum Gasteiger partial charge on any atom is 0.232 e. The van der Waals surface area contributed by atoms with Crippen LogP contribution in [0.4, 0.5) is 17.6 Å². The van der Waals surface area contributed by atoms with Crippen molar-refractivity contribution in [2.45, 2.75) is 6.42 Å². The van der Waals surface area contributed by atoms with Gasteiger partial charge in [0.05, 0.1) is 6.33 Å². The number of phenols is 1. The number of hydrogen-bond donors (Lipinski definition) is 4. The quantitative estimate of drug-likeness (QED) is 0.343. The van der Waals surface area contributed by atoms with Crippen LogP contribution in [0.2, 0.25) is 0 Å². The van der Waals surface area contributed by atoms with Crippen molar-refractivity contribution in [2.24, 2.45) is 0 Å². The van der Waals surface area contributed by atoms with Gasteiger partial charge >= 0.3 is 0 Å². The van der Waals surface area contributed by atoms with Gasteiger partial charge in [0.15, 0.2) is 11.5 Å². The number of H-pyrrole nitrogens is 1. The lowest BCUT2D eigenvalue weighted by Gasteiger charge is -2.11. The Morgan fingerprint density at radius 1 is 0.900 bits per heavy atom. The molecule has 5 aromatic rings. The van der Waals surface area contributed by atoms with Crippen LogP contribution < -0.4 is 10.6 Å². The molecule has 0 bridgehead atoms. The van der Waals surface area contributed by atoms with Gasteiger partial charge in [-0.2, -0.15) is 9.97 Å². The number of benzene rings is 2. The number of hydrogen-bond acceptors (Lipinski definition) is 7. The number of pyridine rings is 1. The molecule has 0 saturated heterocycles. The van der Waals surface area contributed by atoms with Crippen molar-refractivity contribution in [2.75, 3.05) is 17.2 Å². The molecule has 0 amide bonds. The molecule has 8 nitrogen and oxygen atoms in total. The van der Waals surface area contributed by atoms with E-state index in [0.29, 0.717) is 29.8 Å². The lowest BCUT2D eigenvalue weighted by Crippen LogP contribution is -2.09. The third kappa shape index (κ3) is 3.58. The van der Waals surface area contributed by atoms with E-state index in [2.05, 4.69) is 35.6 Å². The van der Waals surface area contributed by atoms with Crippen molar-refractivity contribution >= 4 is 39.5 Å². The fourth-order valence-corrected chi connectivity index (χ4v) is 3.33. The smallest absolute Gasteiger partial charge is 0.232 e. The Labute approximate surface area is 172 Å². The summed E-state index contributed by atoms with van der Waals surface area (Å²) in [5, 5.41) is 18.1. The molecule has 0 saturated carbocycles. The van der Waals surface area contributed by atoms with Crippen LogP contribution in [0.5, 0.6) is 5.75 Å². The van der Waals surface area contributed by atoms with Gasteiger partial charge in [-0.25, -0.2) is 9.97 Å². The highest BCUT2D eigenvalue weighted by Gasteiger charge is 2.11. The van der Waals surface area contributed by atoms with Crippen molar-refractivity contribution in [1.82, 2.24) is 24.9 Å². The number of imidazole rings is 1. The van der Waals surface area contributed by atoms with Gasteiger partial charge in [0, 0.05) is 18.1 Å². The Balaban J connectivity index is 1.40. The summed E-state index contributed by atoms with van der Waals surface area (Å²) in [6.07, 6.45) is 4.15. The van der Waals surface area contributed by atoms with Gasteiger partial charge in [0.1, 0.15) is 17.1 Å². The summed E-state index contributed by atoms with van der Waals surface area (Å²) in [4.78, 5) is 21.0. The Morgan fingerprint density at radius 3 is 2.67 bits per heavy atom. The Bertz CT molecular complexity index is 1310. The van der Waals surface area contributed by atoms with Gasteiger partial charge in [0.25, 0.3) is 0 Å². The van der Waals surface area contributed by atoms with Crippen LogP contribution in [0.25, 0.3) is 21.9 Å². The molecular weight excluding hydrogens is 378 g/mol. The molecule has 8 heteroatoms. The highest BCUT2D eigenvalue weighted by atomic mass is 16.3. The van der Waals surface area contributed by atoms with Crippen LogP contribution in [-0.4, -0.2) is 36.6 Å². The number of nitrogens with zero attached hydrogens (tertiary/aromatic N) is 4. The number of phenolic OH excluding ortho intramolecular Hbond substituents is 1. The standard InChI is InChI=1S/C22H19N7O/c30-16-7-5-14(6-8-16)9-11-24-20-18-21(26-13-25-18)29-22(28-20)27-19-17-4-2-1-3-15(17)10-12-23-19/h1-8,10,12-13,30H,9,11H2,(H3,23,24,25,26,27,28,29). The van der Waals surface area contributed by atoms with E-state index in [4.69, 9.17) is 0 Å². The number of aromatic hydroxyl groups is 1. The first-order chi connectivity index (χ1) is 14.8. The van der Waals surface area contributed by atoms with Crippen molar-refractivity contribution < 1.29 is 5.11 Å². The lowest BCUT2D eigenvalue weighted by atomic mass is 10.1. The fourth-order valence-electron chi connectivity index (χ4n) is 3.33. The summed E-state index contributed by atoms with van der Waals surface area (Å²) in [5.74, 6) is 2.04. The second-order valence-electron chi connectivity index (χ2n) is 6.85. The summed E-state index contributed by atoms with van der Waals surface area (Å²) >= 11 is 0. The van der Waals surface area contributed by atoms with E-state index >= 15 is 0 Å². The Kier molecular flexibility index (Phi) is 4.57. The molecule has 148 valence electrons. The highest BCUT2D eigenvalue weighted by Crippen LogP contribution is 2.25. The molecule has 2 aromatic carbocycles. The molecular formula is C22H19N7O. The predicted octanol–water partition coefficient (Wildman–Crippen LogP) is 4.00. The fraction of sp³-hybridized carbons (Fsp3) is 0.0909. The van der Waals surface area contributed by atoms with Crippen molar-refractivity contribution in [3.05, 3.63) is 72.7 Å². The summed E-state index contributed by atoms with van der Waals surface area (Å²) in [6, 6.07) is 17.2. The zero-order valence-corrected chi connectivity index (χ0v) is 16.0. The molecule has 0 aliphatic rings. The number of anilines is 3.